The summed E-state index contributed by atoms with van der Waals surface area (Å²) in [4.78, 5) is 0. The Morgan fingerprint density at radius 3 is 1.52 bits per heavy atom. The fourth-order valence-corrected chi connectivity index (χ4v) is 7.57. The molecule has 0 spiro atoms. The Kier molecular flexibility index (Phi) is 5.31. The first kappa shape index (κ1) is 25.2. The molecule has 10 aromatic rings. The molecule has 0 atom stereocenters. The molecule has 0 bridgehead atoms. The minimum Gasteiger partial charge on any atom is -0.456 e. The van der Waals surface area contributed by atoms with Crippen LogP contribution in [0.1, 0.15) is 0 Å². The lowest BCUT2D eigenvalue weighted by Gasteiger charge is -2.20. The minimum absolute atomic E-state index is 0.830. The van der Waals surface area contributed by atoms with Gasteiger partial charge in [-0.1, -0.05) is 133 Å². The highest BCUT2D eigenvalue weighted by molar-refractivity contribution is 6.29. The van der Waals surface area contributed by atoms with Crippen molar-refractivity contribution in [1.29, 1.82) is 0 Å². The van der Waals surface area contributed by atoms with Gasteiger partial charge in [0.15, 0.2) is 0 Å². The smallest absolute Gasteiger partial charge is 0.147 e. The molecule has 0 unspecified atom stereocenters. The number of rotatable bonds is 3. The van der Waals surface area contributed by atoms with Crippen molar-refractivity contribution in [3.05, 3.63) is 158 Å². The van der Waals surface area contributed by atoms with Gasteiger partial charge in [0, 0.05) is 16.2 Å². The predicted molar refractivity (Wildman–Crippen MR) is 192 cm³/mol. The lowest BCUT2D eigenvalue weighted by Crippen LogP contribution is -1.93. The summed E-state index contributed by atoms with van der Waals surface area (Å²) in [5, 5.41) is 9.17. The first-order chi connectivity index (χ1) is 22.8. The maximum atomic E-state index is 6.57. The molecule has 46 heavy (non-hydrogen) atoms. The van der Waals surface area contributed by atoms with E-state index in [0.29, 0.717) is 0 Å². The van der Waals surface area contributed by atoms with Gasteiger partial charge in [0.1, 0.15) is 22.3 Å². The maximum absolute atomic E-state index is 6.57. The molecule has 0 aliphatic rings. The SMILES string of the molecule is c1ccc(-c2ccccc2-c2c3ccccc3c(-c3cccc4oc5ccc6c7ccccc7oc6c5c34)c3ccccc23)cc1. The number of benzene rings is 8. The molecule has 0 saturated carbocycles. The number of fused-ring (bicyclic) bond motifs is 9. The summed E-state index contributed by atoms with van der Waals surface area (Å²) in [6.07, 6.45) is 0. The van der Waals surface area contributed by atoms with E-state index in [2.05, 4.69) is 146 Å². The molecule has 0 aliphatic heterocycles. The van der Waals surface area contributed by atoms with Crippen molar-refractivity contribution in [3.63, 3.8) is 0 Å². The average molecular weight is 587 g/mol. The zero-order valence-corrected chi connectivity index (χ0v) is 24.8. The van der Waals surface area contributed by atoms with E-state index in [-0.39, 0.29) is 0 Å². The normalized spacial score (nSPS) is 11.9. The van der Waals surface area contributed by atoms with Crippen molar-refractivity contribution in [1.82, 2.24) is 0 Å². The molecular formula is C44H26O2. The van der Waals surface area contributed by atoms with Gasteiger partial charge in [0.05, 0.1) is 5.39 Å². The predicted octanol–water partition coefficient (Wildman–Crippen LogP) is 12.8. The van der Waals surface area contributed by atoms with E-state index in [4.69, 9.17) is 8.83 Å². The monoisotopic (exact) mass is 586 g/mol. The second-order valence-electron chi connectivity index (χ2n) is 11.9. The molecule has 2 nitrogen and oxygen atoms in total. The second kappa shape index (κ2) is 9.69. The molecule has 0 radical (unpaired) electrons. The fourth-order valence-electron chi connectivity index (χ4n) is 7.57. The molecule has 214 valence electrons. The van der Waals surface area contributed by atoms with E-state index in [9.17, 15) is 0 Å². The van der Waals surface area contributed by atoms with Gasteiger partial charge < -0.3 is 8.83 Å². The lowest BCUT2D eigenvalue weighted by molar-refractivity contribution is 0.663. The summed E-state index contributed by atoms with van der Waals surface area (Å²) in [7, 11) is 0. The lowest BCUT2D eigenvalue weighted by atomic mass is 9.83. The minimum atomic E-state index is 0.830. The number of furan rings is 2. The third-order valence-electron chi connectivity index (χ3n) is 9.49. The highest BCUT2D eigenvalue weighted by Crippen LogP contribution is 2.49. The Morgan fingerprint density at radius 2 is 0.804 bits per heavy atom. The third-order valence-corrected chi connectivity index (χ3v) is 9.49. The fraction of sp³-hybridized carbons (Fsp3) is 0. The van der Waals surface area contributed by atoms with Gasteiger partial charge >= 0.3 is 0 Å². The van der Waals surface area contributed by atoms with E-state index < -0.39 is 0 Å². The van der Waals surface area contributed by atoms with Gasteiger partial charge in [-0.15, -0.1) is 0 Å². The van der Waals surface area contributed by atoms with E-state index in [1.54, 1.807) is 0 Å². The summed E-state index contributed by atoms with van der Waals surface area (Å²) in [6, 6.07) is 56.0. The largest absolute Gasteiger partial charge is 0.456 e. The first-order valence-corrected chi connectivity index (χ1v) is 15.7. The number of para-hydroxylation sites is 1. The Labute approximate surface area is 264 Å². The van der Waals surface area contributed by atoms with Gasteiger partial charge in [-0.3, -0.25) is 0 Å². The highest BCUT2D eigenvalue weighted by atomic mass is 16.3. The van der Waals surface area contributed by atoms with E-state index in [0.717, 1.165) is 49.4 Å². The highest BCUT2D eigenvalue weighted by Gasteiger charge is 2.23. The van der Waals surface area contributed by atoms with Crippen molar-refractivity contribution >= 4 is 65.4 Å². The van der Waals surface area contributed by atoms with E-state index >= 15 is 0 Å². The van der Waals surface area contributed by atoms with Crippen LogP contribution >= 0.6 is 0 Å². The Morgan fingerprint density at radius 1 is 0.283 bits per heavy atom. The number of hydrogen-bond acceptors (Lipinski definition) is 2. The van der Waals surface area contributed by atoms with Crippen LogP contribution in [-0.4, -0.2) is 0 Å². The molecular weight excluding hydrogens is 560 g/mol. The van der Waals surface area contributed by atoms with Gasteiger partial charge in [-0.05, 0) is 79.2 Å². The van der Waals surface area contributed by atoms with E-state index in [1.807, 2.05) is 12.1 Å². The third kappa shape index (κ3) is 3.53. The molecule has 2 heteroatoms. The van der Waals surface area contributed by atoms with Crippen LogP contribution in [0.4, 0.5) is 0 Å². The molecule has 0 aliphatic carbocycles. The van der Waals surface area contributed by atoms with Crippen LogP contribution in [0.2, 0.25) is 0 Å². The van der Waals surface area contributed by atoms with Gasteiger partial charge in [-0.25, -0.2) is 0 Å². The van der Waals surface area contributed by atoms with Crippen LogP contribution in [0.25, 0.3) is 98.8 Å². The van der Waals surface area contributed by atoms with Crippen molar-refractivity contribution in [2.24, 2.45) is 0 Å². The van der Waals surface area contributed by atoms with Crippen LogP contribution in [0.15, 0.2) is 167 Å². The summed E-state index contributed by atoms with van der Waals surface area (Å²) in [6.45, 7) is 0. The quantitative estimate of drug-likeness (QED) is 0.193. The van der Waals surface area contributed by atoms with Gasteiger partial charge in [-0.2, -0.15) is 0 Å². The zero-order chi connectivity index (χ0) is 30.2. The average Bonchev–Trinajstić information content (AvgIpc) is 3.70. The maximum Gasteiger partial charge on any atom is 0.147 e. The Balaban J connectivity index is 1.36. The topological polar surface area (TPSA) is 26.3 Å². The van der Waals surface area contributed by atoms with Crippen LogP contribution in [0, 0.1) is 0 Å². The van der Waals surface area contributed by atoms with Gasteiger partial charge in [0.25, 0.3) is 0 Å². The van der Waals surface area contributed by atoms with Crippen LogP contribution in [-0.2, 0) is 0 Å². The molecule has 8 aromatic carbocycles. The molecule has 2 aromatic heterocycles. The van der Waals surface area contributed by atoms with Crippen molar-refractivity contribution in [3.8, 4) is 33.4 Å². The molecule has 10 rings (SSSR count). The van der Waals surface area contributed by atoms with Crippen LogP contribution < -0.4 is 0 Å². The standard InChI is InChI=1S/C44H26O2/c1-2-13-27(14-3-1)28-15-4-5-17-30(28)40-31-18-6-8-20-33(31)41(34-21-9-7-19-32(34)40)36-22-12-24-38-42(36)43-39(45-38)26-25-35-29-16-10-11-23-37(29)46-44(35)43/h1-26H. The van der Waals surface area contributed by atoms with Crippen molar-refractivity contribution < 1.29 is 8.83 Å². The zero-order valence-electron chi connectivity index (χ0n) is 24.8. The van der Waals surface area contributed by atoms with Crippen LogP contribution in [0.3, 0.4) is 0 Å². The molecule has 0 fully saturated rings. The van der Waals surface area contributed by atoms with Crippen LogP contribution in [0.5, 0.6) is 0 Å². The first-order valence-electron chi connectivity index (χ1n) is 15.7. The summed E-state index contributed by atoms with van der Waals surface area (Å²) >= 11 is 0. The molecule has 2 heterocycles. The summed E-state index contributed by atoms with van der Waals surface area (Å²) in [5.74, 6) is 0. The van der Waals surface area contributed by atoms with Gasteiger partial charge in [0.2, 0.25) is 0 Å². The summed E-state index contributed by atoms with van der Waals surface area (Å²) < 4.78 is 13.1. The van der Waals surface area contributed by atoms with Crippen molar-refractivity contribution in [2.75, 3.05) is 0 Å². The Hall–Kier alpha value is -6.12. The molecule has 0 saturated heterocycles. The number of hydrogen-bond donors (Lipinski definition) is 0. The van der Waals surface area contributed by atoms with E-state index in [1.165, 1.54) is 49.4 Å². The summed E-state index contributed by atoms with van der Waals surface area (Å²) in [5.41, 5.74) is 10.7. The van der Waals surface area contributed by atoms with Crippen molar-refractivity contribution in [2.45, 2.75) is 0 Å². The Bertz CT molecular complexity index is 2740. The second-order valence-corrected chi connectivity index (χ2v) is 11.9. The molecule has 0 amide bonds. The molecule has 0 N–H and O–H groups in total.